The van der Waals surface area contributed by atoms with Crippen molar-refractivity contribution in [2.24, 2.45) is 5.73 Å². The zero-order valence-electron chi connectivity index (χ0n) is 11.5. The van der Waals surface area contributed by atoms with Crippen LogP contribution in [0.2, 0.25) is 0 Å². The lowest BCUT2D eigenvalue weighted by Crippen LogP contribution is -2.34. The van der Waals surface area contributed by atoms with Crippen LogP contribution in [0.1, 0.15) is 15.9 Å². The number of nitrogens with zero attached hydrogens (tertiary/aromatic N) is 1. The quantitative estimate of drug-likeness (QED) is 0.722. The van der Waals surface area contributed by atoms with E-state index in [1.807, 2.05) is 24.3 Å². The van der Waals surface area contributed by atoms with Crippen molar-refractivity contribution in [3.05, 3.63) is 48.0 Å². The molecule has 0 spiro atoms. The first kappa shape index (κ1) is 15.4. The van der Waals surface area contributed by atoms with Crippen molar-refractivity contribution in [1.29, 1.82) is 0 Å². The van der Waals surface area contributed by atoms with Crippen molar-refractivity contribution >= 4 is 5.91 Å². The van der Waals surface area contributed by atoms with Crippen LogP contribution in [-0.2, 0) is 11.2 Å². The van der Waals surface area contributed by atoms with Crippen LogP contribution in [0.4, 0.5) is 0 Å². The molecular formula is C15H22N2O2. The molecule has 0 bridgehead atoms. The number of hydrogen-bond donors (Lipinski definition) is 1. The molecule has 0 radical (unpaired) electrons. The molecule has 0 fully saturated rings. The van der Waals surface area contributed by atoms with E-state index in [1.54, 1.807) is 18.1 Å². The van der Waals surface area contributed by atoms with Gasteiger partial charge in [-0.05, 0) is 24.6 Å². The van der Waals surface area contributed by atoms with Gasteiger partial charge in [0.25, 0.3) is 5.91 Å². The molecule has 0 aliphatic carbocycles. The molecule has 0 heterocycles. The van der Waals surface area contributed by atoms with Gasteiger partial charge >= 0.3 is 0 Å². The number of carbonyl (C=O) groups excluding carboxylic acids is 1. The van der Waals surface area contributed by atoms with Crippen LogP contribution in [0.25, 0.3) is 0 Å². The summed E-state index contributed by atoms with van der Waals surface area (Å²) in [6, 6.07) is 7.59. The van der Waals surface area contributed by atoms with E-state index in [-0.39, 0.29) is 5.91 Å². The Kier molecular flexibility index (Phi) is 6.85. The molecule has 19 heavy (non-hydrogen) atoms. The highest BCUT2D eigenvalue weighted by atomic mass is 16.5. The lowest BCUT2D eigenvalue weighted by atomic mass is 10.0. The van der Waals surface area contributed by atoms with E-state index in [0.717, 1.165) is 5.56 Å². The molecule has 0 aliphatic heterocycles. The molecule has 1 aromatic carbocycles. The minimum atomic E-state index is 0.000926. The second kappa shape index (κ2) is 8.45. The minimum absolute atomic E-state index is 0.000926. The van der Waals surface area contributed by atoms with E-state index in [1.165, 1.54) is 0 Å². The summed E-state index contributed by atoms with van der Waals surface area (Å²) in [6.07, 6.45) is 2.42. The average Bonchev–Trinajstić information content (AvgIpc) is 2.44. The van der Waals surface area contributed by atoms with Gasteiger partial charge in [-0.15, -0.1) is 6.58 Å². The van der Waals surface area contributed by atoms with Gasteiger partial charge < -0.3 is 15.4 Å². The number of nitrogens with two attached hydrogens (primary N) is 1. The van der Waals surface area contributed by atoms with Gasteiger partial charge in [0.2, 0.25) is 0 Å². The number of methoxy groups -OCH3 is 1. The third-order valence-electron chi connectivity index (χ3n) is 2.86. The van der Waals surface area contributed by atoms with Crippen LogP contribution in [-0.4, -0.2) is 44.2 Å². The van der Waals surface area contributed by atoms with Gasteiger partial charge in [0.15, 0.2) is 0 Å². The molecule has 1 aromatic rings. The van der Waals surface area contributed by atoms with Gasteiger partial charge in [-0.25, -0.2) is 0 Å². The molecule has 4 heteroatoms. The van der Waals surface area contributed by atoms with Crippen molar-refractivity contribution in [2.45, 2.75) is 6.42 Å². The third kappa shape index (κ3) is 4.50. The van der Waals surface area contributed by atoms with Crippen LogP contribution in [0, 0.1) is 0 Å². The first-order chi connectivity index (χ1) is 9.24. The average molecular weight is 262 g/mol. The number of benzene rings is 1. The molecular weight excluding hydrogens is 240 g/mol. The van der Waals surface area contributed by atoms with Crippen molar-refractivity contribution in [2.75, 3.05) is 33.4 Å². The summed E-state index contributed by atoms with van der Waals surface area (Å²) in [5, 5.41) is 0. The molecule has 4 nitrogen and oxygen atoms in total. The fourth-order valence-corrected chi connectivity index (χ4v) is 1.91. The molecule has 0 aliphatic rings. The fraction of sp³-hybridized carbons (Fsp3) is 0.400. The maximum Gasteiger partial charge on any atom is 0.254 e. The van der Waals surface area contributed by atoms with E-state index >= 15 is 0 Å². The minimum Gasteiger partial charge on any atom is -0.383 e. The van der Waals surface area contributed by atoms with Gasteiger partial charge in [-0.1, -0.05) is 24.3 Å². The Hall–Kier alpha value is -1.65. The molecule has 0 saturated heterocycles. The highest BCUT2D eigenvalue weighted by Gasteiger charge is 2.16. The number of hydrogen-bond acceptors (Lipinski definition) is 3. The van der Waals surface area contributed by atoms with E-state index < -0.39 is 0 Å². The van der Waals surface area contributed by atoms with Gasteiger partial charge in [-0.2, -0.15) is 0 Å². The first-order valence-electron chi connectivity index (χ1n) is 6.41. The predicted octanol–water partition coefficient (Wildman–Crippen LogP) is 1.46. The Morgan fingerprint density at radius 1 is 1.47 bits per heavy atom. The lowest BCUT2D eigenvalue weighted by molar-refractivity contribution is 0.0717. The van der Waals surface area contributed by atoms with Gasteiger partial charge in [0.05, 0.1) is 6.61 Å². The number of amides is 1. The molecule has 1 rings (SSSR count). The first-order valence-corrected chi connectivity index (χ1v) is 6.41. The van der Waals surface area contributed by atoms with Crippen molar-refractivity contribution < 1.29 is 9.53 Å². The molecule has 2 N–H and O–H groups in total. The van der Waals surface area contributed by atoms with Gasteiger partial charge in [-0.3, -0.25) is 4.79 Å². The molecule has 104 valence electrons. The fourth-order valence-electron chi connectivity index (χ4n) is 1.91. The Morgan fingerprint density at radius 3 is 2.84 bits per heavy atom. The summed E-state index contributed by atoms with van der Waals surface area (Å²) < 4.78 is 5.03. The summed E-state index contributed by atoms with van der Waals surface area (Å²) in [5.74, 6) is 0.000926. The lowest BCUT2D eigenvalue weighted by Gasteiger charge is -2.22. The van der Waals surface area contributed by atoms with Crippen molar-refractivity contribution in [3.8, 4) is 0 Å². The summed E-state index contributed by atoms with van der Waals surface area (Å²) in [4.78, 5) is 14.2. The highest BCUT2D eigenvalue weighted by Crippen LogP contribution is 2.12. The van der Waals surface area contributed by atoms with E-state index in [2.05, 4.69) is 6.58 Å². The zero-order chi connectivity index (χ0) is 14.1. The molecule has 0 unspecified atom stereocenters. The summed E-state index contributed by atoms with van der Waals surface area (Å²) in [6.45, 7) is 5.80. The number of ether oxygens (including phenoxy) is 1. The van der Waals surface area contributed by atoms with Crippen LogP contribution in [0.3, 0.4) is 0 Å². The standard InChI is InChI=1S/C15H22N2O2/c1-3-10-17(11-12-19-2)15(18)14-7-5-4-6-13(14)8-9-16/h3-7H,1,8-12,16H2,2H3. The summed E-state index contributed by atoms with van der Waals surface area (Å²) in [7, 11) is 1.62. The second-order valence-corrected chi connectivity index (χ2v) is 4.23. The van der Waals surface area contributed by atoms with Gasteiger partial charge in [0, 0.05) is 25.8 Å². The van der Waals surface area contributed by atoms with Crippen LogP contribution in [0.5, 0.6) is 0 Å². The number of rotatable bonds is 8. The number of carbonyl (C=O) groups is 1. The van der Waals surface area contributed by atoms with E-state index in [9.17, 15) is 4.79 Å². The maximum atomic E-state index is 12.5. The second-order valence-electron chi connectivity index (χ2n) is 4.23. The van der Waals surface area contributed by atoms with Crippen molar-refractivity contribution in [3.63, 3.8) is 0 Å². The third-order valence-corrected chi connectivity index (χ3v) is 2.86. The Balaban J connectivity index is 2.91. The summed E-state index contributed by atoms with van der Waals surface area (Å²) in [5.41, 5.74) is 7.28. The Bertz CT molecular complexity index is 418. The molecule has 0 saturated carbocycles. The topological polar surface area (TPSA) is 55.6 Å². The Labute approximate surface area is 114 Å². The van der Waals surface area contributed by atoms with Crippen LogP contribution in [0.15, 0.2) is 36.9 Å². The van der Waals surface area contributed by atoms with E-state index in [4.69, 9.17) is 10.5 Å². The Morgan fingerprint density at radius 2 is 2.21 bits per heavy atom. The van der Waals surface area contributed by atoms with Gasteiger partial charge in [0.1, 0.15) is 0 Å². The van der Waals surface area contributed by atoms with Crippen molar-refractivity contribution in [1.82, 2.24) is 4.90 Å². The normalized spacial score (nSPS) is 10.2. The molecule has 1 amide bonds. The largest absolute Gasteiger partial charge is 0.383 e. The SMILES string of the molecule is C=CCN(CCOC)C(=O)c1ccccc1CCN. The zero-order valence-corrected chi connectivity index (χ0v) is 11.5. The molecule has 0 atom stereocenters. The molecule has 0 aromatic heterocycles. The maximum absolute atomic E-state index is 12.5. The summed E-state index contributed by atoms with van der Waals surface area (Å²) >= 11 is 0. The van der Waals surface area contributed by atoms with Crippen LogP contribution >= 0.6 is 0 Å². The monoisotopic (exact) mass is 262 g/mol. The van der Waals surface area contributed by atoms with E-state index in [0.29, 0.717) is 38.2 Å². The predicted molar refractivity (Wildman–Crippen MR) is 77.2 cm³/mol. The smallest absolute Gasteiger partial charge is 0.254 e. The van der Waals surface area contributed by atoms with Crippen LogP contribution < -0.4 is 5.73 Å². The highest BCUT2D eigenvalue weighted by molar-refractivity contribution is 5.95.